The minimum Gasteiger partial charge on any atom is -0.314 e. The van der Waals surface area contributed by atoms with Crippen molar-refractivity contribution in [1.82, 2.24) is 9.96 Å². The van der Waals surface area contributed by atoms with Gasteiger partial charge < -0.3 is 5.21 Å². The molecule has 1 N–H and O–H groups in total. The molecule has 0 aromatic carbocycles. The molecule has 3 heteroatoms. The second kappa shape index (κ2) is 14.6. The number of rotatable bonds is 3. The molecule has 1 atom stereocenters. The van der Waals surface area contributed by atoms with E-state index in [-0.39, 0.29) is 16.3 Å². The van der Waals surface area contributed by atoms with E-state index in [1.165, 1.54) is 17.1 Å². The molecule has 0 saturated carbocycles. The molecule has 1 rings (SSSR count). The van der Waals surface area contributed by atoms with Gasteiger partial charge in [0.2, 0.25) is 0 Å². The van der Waals surface area contributed by atoms with Gasteiger partial charge in [-0.25, -0.2) is 0 Å². The van der Waals surface area contributed by atoms with E-state index in [0.29, 0.717) is 19.1 Å². The zero-order valence-corrected chi connectivity index (χ0v) is 12.3. The Balaban J connectivity index is -0.000000222. The molecule has 0 spiro atoms. The molecule has 1 unspecified atom stereocenters. The molecule has 122 valence electrons. The summed E-state index contributed by atoms with van der Waals surface area (Å²) in [5, 5.41) is 10.6. The number of nitrogens with zero attached hydrogens (tertiary/aromatic N) is 2. The van der Waals surface area contributed by atoms with Crippen LogP contribution < -0.4 is 0 Å². The minimum atomic E-state index is 0. The van der Waals surface area contributed by atoms with Gasteiger partial charge in [0.05, 0.1) is 0 Å². The second-order valence-electron chi connectivity index (χ2n) is 4.92. The van der Waals surface area contributed by atoms with Gasteiger partial charge in [0.1, 0.15) is 0 Å². The molecule has 0 bridgehead atoms. The summed E-state index contributed by atoms with van der Waals surface area (Å²) in [4.78, 5) is 2.33. The maximum atomic E-state index is 9.27. The van der Waals surface area contributed by atoms with Crippen molar-refractivity contribution in [2.45, 2.75) is 61.4 Å². The molecule has 1 saturated heterocycles. The average molecular weight is 287 g/mol. The van der Waals surface area contributed by atoms with E-state index in [1.54, 1.807) is 0 Å². The van der Waals surface area contributed by atoms with Crippen LogP contribution in [0.25, 0.3) is 0 Å². The average Bonchev–Trinajstić information content (AvgIpc) is 2.30. The molecule has 0 aliphatic carbocycles. The first-order chi connectivity index (χ1) is 8.54. The molecule has 20 heavy (non-hydrogen) atoms. The Bertz CT molecular complexity index is 275. The summed E-state index contributed by atoms with van der Waals surface area (Å²) in [5.74, 6) is 2.72. The fourth-order valence-corrected chi connectivity index (χ4v) is 1.84. The van der Waals surface area contributed by atoms with E-state index in [2.05, 4.69) is 44.6 Å². The van der Waals surface area contributed by atoms with Crippen molar-refractivity contribution in [3.05, 3.63) is 11.6 Å². The highest BCUT2D eigenvalue weighted by atomic mass is 16.5. The Morgan fingerprint density at radius 2 is 1.70 bits per heavy atom. The summed E-state index contributed by atoms with van der Waals surface area (Å²) < 4.78 is 0. The maximum absolute atomic E-state index is 9.27. The van der Waals surface area contributed by atoms with Gasteiger partial charge in [-0.2, -0.15) is 5.06 Å². The van der Waals surface area contributed by atoms with E-state index < -0.39 is 0 Å². The van der Waals surface area contributed by atoms with Crippen molar-refractivity contribution in [3.63, 3.8) is 0 Å². The first kappa shape index (κ1) is 24.2. The lowest BCUT2D eigenvalue weighted by Gasteiger charge is -2.35. The van der Waals surface area contributed by atoms with Crippen LogP contribution in [-0.2, 0) is 0 Å². The fraction of sp³-hybridized carbons (Fsp3) is 0.765. The highest BCUT2D eigenvalue weighted by Gasteiger charge is 2.20. The first-order valence-electron chi connectivity index (χ1n) is 6.81. The largest absolute Gasteiger partial charge is 0.314 e. The van der Waals surface area contributed by atoms with Crippen LogP contribution in [0.1, 0.15) is 56.8 Å². The summed E-state index contributed by atoms with van der Waals surface area (Å²) in [6.07, 6.45) is 9.59. The third-order valence-corrected chi connectivity index (χ3v) is 2.61. The standard InChI is InChI=1S/C12H20N2O.C3H8.2CH4.H2/c1-4-5-12(10-11(2)3)13-6-8-14(15)9-7-13;1-3-2;;;/h1,10,12,15H,5-9H2,2-3H3;3H2,1-2H3;2*1H4;1H. The molecule has 3 nitrogen and oxygen atoms in total. The van der Waals surface area contributed by atoms with Crippen molar-refractivity contribution < 1.29 is 6.63 Å². The van der Waals surface area contributed by atoms with Crippen LogP contribution in [0.15, 0.2) is 11.6 Å². The lowest BCUT2D eigenvalue weighted by atomic mass is 10.1. The Labute approximate surface area is 129 Å². The predicted molar refractivity (Wildman–Crippen MR) is 93.1 cm³/mol. The smallest absolute Gasteiger partial charge is 0.0391 e. The van der Waals surface area contributed by atoms with Crippen LogP contribution in [0.2, 0.25) is 0 Å². The monoisotopic (exact) mass is 286 g/mol. The number of hydroxylamine groups is 2. The molecule has 0 aromatic heterocycles. The quantitative estimate of drug-likeness (QED) is 0.619. The zero-order valence-electron chi connectivity index (χ0n) is 12.3. The molecule has 1 aliphatic rings. The lowest BCUT2D eigenvalue weighted by molar-refractivity contribution is -0.120. The van der Waals surface area contributed by atoms with Crippen molar-refractivity contribution in [2.24, 2.45) is 0 Å². The van der Waals surface area contributed by atoms with Crippen LogP contribution in [0.4, 0.5) is 0 Å². The van der Waals surface area contributed by atoms with Gasteiger partial charge in [-0.15, -0.1) is 12.3 Å². The van der Waals surface area contributed by atoms with Crippen LogP contribution in [-0.4, -0.2) is 47.4 Å². The first-order valence-corrected chi connectivity index (χ1v) is 6.81. The normalized spacial score (nSPS) is 16.4. The topological polar surface area (TPSA) is 26.7 Å². The highest BCUT2D eigenvalue weighted by molar-refractivity contribution is 5.06. The minimum absolute atomic E-state index is 0. The zero-order chi connectivity index (χ0) is 14.0. The van der Waals surface area contributed by atoms with E-state index >= 15 is 0 Å². The molecule has 0 amide bonds. The van der Waals surface area contributed by atoms with Gasteiger partial charge in [0.25, 0.3) is 0 Å². The molecule has 0 radical (unpaired) electrons. The molecular weight excluding hydrogens is 248 g/mol. The lowest BCUT2D eigenvalue weighted by Crippen LogP contribution is -2.48. The van der Waals surface area contributed by atoms with Gasteiger partial charge in [0.15, 0.2) is 0 Å². The van der Waals surface area contributed by atoms with Crippen LogP contribution >= 0.6 is 0 Å². The van der Waals surface area contributed by atoms with Crippen molar-refractivity contribution in [3.8, 4) is 12.3 Å². The SMILES string of the molecule is C.C.C#CCC(C=C(C)C)N1CCN(O)CC1.CCC.[HH]. The van der Waals surface area contributed by atoms with E-state index in [0.717, 1.165) is 19.5 Å². The number of piperazine rings is 1. The van der Waals surface area contributed by atoms with Crippen LogP contribution in [0.5, 0.6) is 0 Å². The predicted octanol–water partition coefficient (Wildman–Crippen LogP) is 4.29. The Morgan fingerprint density at radius 3 is 2.05 bits per heavy atom. The van der Waals surface area contributed by atoms with E-state index in [4.69, 9.17) is 6.42 Å². The number of hydrogen-bond donors (Lipinski definition) is 1. The third-order valence-electron chi connectivity index (χ3n) is 2.61. The van der Waals surface area contributed by atoms with Gasteiger partial charge in [-0.3, -0.25) is 4.90 Å². The molecular formula is C17H38N2O. The summed E-state index contributed by atoms with van der Waals surface area (Å²) in [6, 6.07) is 0.327. The Kier molecular flexibility index (Phi) is 17.7. The van der Waals surface area contributed by atoms with E-state index in [9.17, 15) is 5.21 Å². The van der Waals surface area contributed by atoms with Crippen LogP contribution in [0, 0.1) is 12.3 Å². The number of allylic oxidation sites excluding steroid dienone is 1. The Morgan fingerprint density at radius 1 is 1.25 bits per heavy atom. The summed E-state index contributed by atoms with van der Waals surface area (Å²) in [7, 11) is 0. The summed E-state index contributed by atoms with van der Waals surface area (Å²) >= 11 is 0. The number of hydrogen-bond acceptors (Lipinski definition) is 3. The molecule has 1 aliphatic heterocycles. The highest BCUT2D eigenvalue weighted by Crippen LogP contribution is 2.11. The molecule has 1 heterocycles. The van der Waals surface area contributed by atoms with Gasteiger partial charge in [0, 0.05) is 40.1 Å². The second-order valence-corrected chi connectivity index (χ2v) is 4.92. The molecule has 0 aromatic rings. The van der Waals surface area contributed by atoms with E-state index in [1.807, 2.05) is 0 Å². The van der Waals surface area contributed by atoms with Crippen molar-refractivity contribution >= 4 is 0 Å². The van der Waals surface area contributed by atoms with Gasteiger partial charge in [-0.05, 0) is 13.8 Å². The van der Waals surface area contributed by atoms with Gasteiger partial charge in [-0.1, -0.05) is 46.8 Å². The van der Waals surface area contributed by atoms with Gasteiger partial charge >= 0.3 is 0 Å². The number of terminal acetylenes is 1. The summed E-state index contributed by atoms with van der Waals surface area (Å²) in [5.41, 5.74) is 1.29. The molecule has 1 fully saturated rings. The fourth-order valence-electron chi connectivity index (χ4n) is 1.84. The van der Waals surface area contributed by atoms with Crippen molar-refractivity contribution in [2.75, 3.05) is 26.2 Å². The Hall–Kier alpha value is -0.820. The third kappa shape index (κ3) is 11.0. The van der Waals surface area contributed by atoms with Crippen molar-refractivity contribution in [1.29, 1.82) is 0 Å². The maximum Gasteiger partial charge on any atom is 0.0391 e. The van der Waals surface area contributed by atoms with Crippen LogP contribution in [0.3, 0.4) is 0 Å². The summed E-state index contributed by atoms with van der Waals surface area (Å²) in [6.45, 7) is 11.6.